The number of aromatic nitrogens is 2. The van der Waals surface area contributed by atoms with Crippen molar-refractivity contribution in [2.45, 2.75) is 25.4 Å². The summed E-state index contributed by atoms with van der Waals surface area (Å²) in [6.07, 6.45) is 3.63. The summed E-state index contributed by atoms with van der Waals surface area (Å²) < 4.78 is 5.63. The van der Waals surface area contributed by atoms with E-state index in [9.17, 15) is 4.79 Å². The number of hydrogen-bond donors (Lipinski definition) is 2. The maximum absolute atomic E-state index is 12.2. The van der Waals surface area contributed by atoms with Crippen molar-refractivity contribution in [2.75, 3.05) is 44.9 Å². The number of fused-ring (bicyclic) bond motifs is 2. The number of carbonyl (C=O) groups excluding carboxylic acids is 1. The smallest absolute Gasteiger partial charge is 0.244 e. The van der Waals surface area contributed by atoms with E-state index in [1.165, 1.54) is 11.1 Å². The van der Waals surface area contributed by atoms with Gasteiger partial charge in [0.25, 0.3) is 0 Å². The van der Waals surface area contributed by atoms with Crippen LogP contribution in [0.15, 0.2) is 36.5 Å². The third-order valence-electron chi connectivity index (χ3n) is 6.32. The van der Waals surface area contributed by atoms with Crippen LogP contribution in [0.5, 0.6) is 5.75 Å². The van der Waals surface area contributed by atoms with Crippen LogP contribution in [0.1, 0.15) is 17.5 Å². The van der Waals surface area contributed by atoms with E-state index in [1.807, 2.05) is 31.4 Å². The minimum Gasteiger partial charge on any atom is -0.495 e. The molecule has 1 fully saturated rings. The Morgan fingerprint density at radius 1 is 1.12 bits per heavy atom. The van der Waals surface area contributed by atoms with Crippen LogP contribution in [0.3, 0.4) is 0 Å². The van der Waals surface area contributed by atoms with Crippen LogP contribution in [0.4, 0.5) is 17.3 Å². The lowest BCUT2D eigenvalue weighted by Crippen LogP contribution is -2.30. The topological polar surface area (TPSA) is 82.6 Å². The van der Waals surface area contributed by atoms with E-state index in [0.717, 1.165) is 60.5 Å². The Kier molecular flexibility index (Phi) is 5.30. The molecule has 2 N–H and O–H groups in total. The quantitative estimate of drug-likeness (QED) is 0.641. The number of anilines is 3. The van der Waals surface area contributed by atoms with Gasteiger partial charge in [-0.3, -0.25) is 4.79 Å². The zero-order valence-corrected chi connectivity index (χ0v) is 18.7. The van der Waals surface area contributed by atoms with E-state index in [-0.39, 0.29) is 11.9 Å². The number of benzene rings is 2. The summed E-state index contributed by atoms with van der Waals surface area (Å²) in [6.45, 7) is 2.74. The summed E-state index contributed by atoms with van der Waals surface area (Å²) in [4.78, 5) is 25.5. The number of nitrogens with one attached hydrogen (secondary N) is 2. The highest BCUT2D eigenvalue weighted by Gasteiger charge is 2.28. The van der Waals surface area contributed by atoms with E-state index >= 15 is 0 Å². The van der Waals surface area contributed by atoms with Crippen LogP contribution in [-0.2, 0) is 17.8 Å². The first-order valence-corrected chi connectivity index (χ1v) is 10.9. The molecule has 32 heavy (non-hydrogen) atoms. The van der Waals surface area contributed by atoms with Crippen molar-refractivity contribution in [3.05, 3.63) is 47.7 Å². The Bertz CT molecular complexity index is 1180. The second kappa shape index (κ2) is 8.27. The average Bonchev–Trinajstić information content (AvgIpc) is 3.10. The van der Waals surface area contributed by atoms with Gasteiger partial charge in [0.15, 0.2) is 0 Å². The zero-order valence-electron chi connectivity index (χ0n) is 18.7. The predicted octanol–water partition coefficient (Wildman–Crippen LogP) is 3.01. The predicted molar refractivity (Wildman–Crippen MR) is 126 cm³/mol. The summed E-state index contributed by atoms with van der Waals surface area (Å²) in [6, 6.07) is 9.97. The molecule has 5 rings (SSSR count). The van der Waals surface area contributed by atoms with E-state index in [1.54, 1.807) is 12.0 Å². The van der Waals surface area contributed by atoms with Crippen molar-refractivity contribution in [1.29, 1.82) is 0 Å². The minimum absolute atomic E-state index is 0.125. The van der Waals surface area contributed by atoms with Gasteiger partial charge in [-0.25, -0.2) is 9.97 Å². The van der Waals surface area contributed by atoms with Gasteiger partial charge in [0, 0.05) is 44.0 Å². The maximum atomic E-state index is 12.2. The third-order valence-corrected chi connectivity index (χ3v) is 6.32. The van der Waals surface area contributed by atoms with Crippen LogP contribution >= 0.6 is 0 Å². The number of rotatable bonds is 5. The fraction of sp³-hybridized carbons (Fsp3) is 0.375. The number of ether oxygens (including phenoxy) is 1. The first kappa shape index (κ1) is 20.5. The highest BCUT2D eigenvalue weighted by atomic mass is 16.5. The molecule has 0 saturated carbocycles. The summed E-state index contributed by atoms with van der Waals surface area (Å²) in [5.74, 6) is 1.42. The molecule has 0 aliphatic carbocycles. The van der Waals surface area contributed by atoms with Crippen molar-refractivity contribution in [3.63, 3.8) is 0 Å². The molecule has 3 heterocycles. The number of likely N-dealkylation sites (tertiary alicyclic amines) is 1. The zero-order chi connectivity index (χ0) is 22.2. The Morgan fingerprint density at radius 2 is 2.00 bits per heavy atom. The van der Waals surface area contributed by atoms with Gasteiger partial charge in [-0.1, -0.05) is 0 Å². The van der Waals surface area contributed by atoms with Crippen LogP contribution in [-0.4, -0.2) is 66.0 Å². The summed E-state index contributed by atoms with van der Waals surface area (Å²) in [5, 5.41) is 7.62. The molecule has 1 aromatic heterocycles. The highest BCUT2D eigenvalue weighted by Crippen LogP contribution is 2.33. The fourth-order valence-electron chi connectivity index (χ4n) is 4.45. The SMILES string of the molecule is COc1cc2c(cc1Nc1ncc3ccc(NC4CCN(C)C4=O)cc3n1)CN(C)CC2. The lowest BCUT2D eigenvalue weighted by Gasteiger charge is -2.26. The molecule has 1 unspecified atom stereocenters. The molecule has 2 aliphatic rings. The van der Waals surface area contributed by atoms with Crippen LogP contribution < -0.4 is 15.4 Å². The number of nitrogens with zero attached hydrogens (tertiary/aromatic N) is 4. The monoisotopic (exact) mass is 432 g/mol. The van der Waals surface area contributed by atoms with Gasteiger partial charge in [0.05, 0.1) is 18.3 Å². The lowest BCUT2D eigenvalue weighted by atomic mass is 9.99. The molecule has 2 aromatic carbocycles. The maximum Gasteiger partial charge on any atom is 0.244 e. The van der Waals surface area contributed by atoms with E-state index < -0.39 is 0 Å². The molecule has 8 nitrogen and oxygen atoms in total. The van der Waals surface area contributed by atoms with Gasteiger partial charge < -0.3 is 25.2 Å². The molecule has 0 radical (unpaired) electrons. The van der Waals surface area contributed by atoms with Crippen molar-refractivity contribution < 1.29 is 9.53 Å². The fourth-order valence-corrected chi connectivity index (χ4v) is 4.45. The Labute approximate surface area is 187 Å². The lowest BCUT2D eigenvalue weighted by molar-refractivity contribution is -0.127. The molecule has 1 amide bonds. The normalized spacial score (nSPS) is 18.7. The highest BCUT2D eigenvalue weighted by molar-refractivity contribution is 5.88. The van der Waals surface area contributed by atoms with Gasteiger partial charge in [-0.05, 0) is 61.3 Å². The second-order valence-corrected chi connectivity index (χ2v) is 8.65. The first-order chi connectivity index (χ1) is 15.5. The number of likely N-dealkylation sites (N-methyl/N-ethyl adjacent to an activating group) is 2. The van der Waals surface area contributed by atoms with Crippen molar-refractivity contribution >= 4 is 34.1 Å². The molecule has 1 atom stereocenters. The van der Waals surface area contributed by atoms with Gasteiger partial charge in [0.1, 0.15) is 11.8 Å². The van der Waals surface area contributed by atoms with E-state index in [2.05, 4.69) is 39.7 Å². The van der Waals surface area contributed by atoms with Crippen molar-refractivity contribution in [1.82, 2.24) is 19.8 Å². The largest absolute Gasteiger partial charge is 0.495 e. The van der Waals surface area contributed by atoms with Crippen LogP contribution in [0.2, 0.25) is 0 Å². The Hall–Kier alpha value is -3.39. The summed E-state index contributed by atoms with van der Waals surface area (Å²) >= 11 is 0. The molecular weight excluding hydrogens is 404 g/mol. The average molecular weight is 433 g/mol. The number of hydrogen-bond acceptors (Lipinski definition) is 7. The molecule has 8 heteroatoms. The third kappa shape index (κ3) is 3.93. The minimum atomic E-state index is -0.185. The number of methoxy groups -OCH3 is 1. The van der Waals surface area contributed by atoms with Gasteiger partial charge >= 0.3 is 0 Å². The Balaban J connectivity index is 1.41. The molecule has 1 saturated heterocycles. The standard InChI is InChI=1S/C24H28N6O2/c1-29-8-6-15-11-22(32-3)21(10-17(15)14-29)28-24-25-13-16-4-5-18(12-20(16)27-24)26-19-7-9-30(2)23(19)31/h4-5,10-13,19,26H,6-9,14H2,1-3H3,(H,25,27,28). The van der Waals surface area contributed by atoms with E-state index in [4.69, 9.17) is 9.72 Å². The molecule has 2 aliphatic heterocycles. The number of amides is 1. The summed E-state index contributed by atoms with van der Waals surface area (Å²) in [7, 11) is 5.65. The molecular formula is C24H28N6O2. The second-order valence-electron chi connectivity index (χ2n) is 8.65. The van der Waals surface area contributed by atoms with Gasteiger partial charge in [-0.2, -0.15) is 0 Å². The first-order valence-electron chi connectivity index (χ1n) is 10.9. The number of carbonyl (C=O) groups is 1. The molecule has 166 valence electrons. The molecule has 3 aromatic rings. The Morgan fingerprint density at radius 3 is 2.78 bits per heavy atom. The molecule has 0 spiro atoms. The van der Waals surface area contributed by atoms with Crippen molar-refractivity contribution in [3.8, 4) is 5.75 Å². The van der Waals surface area contributed by atoms with E-state index in [0.29, 0.717) is 5.95 Å². The van der Waals surface area contributed by atoms with Gasteiger partial charge in [0.2, 0.25) is 11.9 Å². The van der Waals surface area contributed by atoms with Gasteiger partial charge in [-0.15, -0.1) is 0 Å². The van der Waals surface area contributed by atoms with Crippen molar-refractivity contribution in [2.24, 2.45) is 0 Å². The van der Waals surface area contributed by atoms with Crippen LogP contribution in [0.25, 0.3) is 10.9 Å². The summed E-state index contributed by atoms with van der Waals surface area (Å²) in [5.41, 5.74) is 5.16. The van der Waals surface area contributed by atoms with Crippen LogP contribution in [0, 0.1) is 0 Å². The molecule has 0 bridgehead atoms.